The third-order valence-corrected chi connectivity index (χ3v) is 5.47. The fourth-order valence-electron chi connectivity index (χ4n) is 3.96. The van der Waals surface area contributed by atoms with Crippen molar-refractivity contribution < 1.29 is 14.3 Å². The molecule has 0 radical (unpaired) electrons. The standard InChI is InChI=1S/C23H25N3O3/c1-26-21(14-20(25-26)18-12-11-16(28-2)13-22(18)29-3)23(27)24-19-10-6-8-15-7-4-5-9-17(15)19/h4-5,7,9,11-14,19H,6,8,10H2,1-3H3,(H,24,27)/t19-/m0/s1. The van der Waals surface area contributed by atoms with Crippen LogP contribution in [0.2, 0.25) is 0 Å². The van der Waals surface area contributed by atoms with Crippen molar-refractivity contribution in [3.05, 3.63) is 65.4 Å². The molecule has 0 saturated heterocycles. The number of nitrogens with one attached hydrogen (secondary N) is 1. The SMILES string of the molecule is COc1ccc(-c2cc(C(=O)N[C@H]3CCCc4ccccc43)n(C)n2)c(OC)c1. The number of aryl methyl sites for hydroxylation is 2. The molecule has 0 bridgehead atoms. The normalized spacial score (nSPS) is 15.5. The molecule has 6 heteroatoms. The van der Waals surface area contributed by atoms with Gasteiger partial charge in [0.1, 0.15) is 17.2 Å². The summed E-state index contributed by atoms with van der Waals surface area (Å²) in [6.45, 7) is 0. The molecule has 1 amide bonds. The molecule has 29 heavy (non-hydrogen) atoms. The zero-order valence-electron chi connectivity index (χ0n) is 16.9. The number of rotatable bonds is 5. The van der Waals surface area contributed by atoms with E-state index in [-0.39, 0.29) is 11.9 Å². The van der Waals surface area contributed by atoms with Crippen LogP contribution in [0, 0.1) is 0 Å². The summed E-state index contributed by atoms with van der Waals surface area (Å²) in [5.41, 5.74) is 4.54. The Morgan fingerprint density at radius 2 is 1.97 bits per heavy atom. The molecule has 0 fully saturated rings. The summed E-state index contributed by atoms with van der Waals surface area (Å²) in [6.07, 6.45) is 3.08. The Morgan fingerprint density at radius 3 is 2.76 bits per heavy atom. The first-order valence-corrected chi connectivity index (χ1v) is 9.76. The highest BCUT2D eigenvalue weighted by molar-refractivity contribution is 5.94. The van der Waals surface area contributed by atoms with Gasteiger partial charge in [0.25, 0.3) is 5.91 Å². The number of hydrogen-bond donors (Lipinski definition) is 1. The summed E-state index contributed by atoms with van der Waals surface area (Å²) in [5.74, 6) is 1.23. The van der Waals surface area contributed by atoms with E-state index in [0.717, 1.165) is 24.8 Å². The van der Waals surface area contributed by atoms with Crippen molar-refractivity contribution in [1.29, 1.82) is 0 Å². The fraction of sp³-hybridized carbons (Fsp3) is 0.304. The number of amides is 1. The number of carbonyl (C=O) groups excluding carboxylic acids is 1. The van der Waals surface area contributed by atoms with Gasteiger partial charge in [-0.05, 0) is 48.6 Å². The minimum absolute atomic E-state index is 0.0290. The minimum atomic E-state index is -0.125. The molecule has 6 nitrogen and oxygen atoms in total. The van der Waals surface area contributed by atoms with Crippen LogP contribution < -0.4 is 14.8 Å². The van der Waals surface area contributed by atoms with E-state index in [0.29, 0.717) is 22.9 Å². The lowest BCUT2D eigenvalue weighted by molar-refractivity contribution is 0.0923. The Balaban J connectivity index is 1.60. The number of hydrogen-bond acceptors (Lipinski definition) is 4. The molecule has 0 unspecified atom stereocenters. The van der Waals surface area contributed by atoms with Gasteiger partial charge < -0.3 is 14.8 Å². The maximum Gasteiger partial charge on any atom is 0.270 e. The van der Waals surface area contributed by atoms with Crippen molar-refractivity contribution in [2.24, 2.45) is 7.05 Å². The Morgan fingerprint density at radius 1 is 1.14 bits per heavy atom. The molecule has 1 aromatic heterocycles. The van der Waals surface area contributed by atoms with E-state index >= 15 is 0 Å². The van der Waals surface area contributed by atoms with Crippen LogP contribution in [-0.2, 0) is 13.5 Å². The first kappa shape index (κ1) is 19.1. The van der Waals surface area contributed by atoms with Crippen LogP contribution in [0.25, 0.3) is 11.3 Å². The molecular formula is C23H25N3O3. The Labute approximate surface area is 170 Å². The summed E-state index contributed by atoms with van der Waals surface area (Å²) >= 11 is 0. The van der Waals surface area contributed by atoms with Crippen LogP contribution in [0.1, 0.15) is 40.5 Å². The lowest BCUT2D eigenvalue weighted by Gasteiger charge is -2.26. The minimum Gasteiger partial charge on any atom is -0.497 e. The second-order valence-corrected chi connectivity index (χ2v) is 7.22. The van der Waals surface area contributed by atoms with Crippen molar-refractivity contribution in [2.75, 3.05) is 14.2 Å². The van der Waals surface area contributed by atoms with Gasteiger partial charge in [-0.3, -0.25) is 9.48 Å². The zero-order chi connectivity index (χ0) is 20.4. The van der Waals surface area contributed by atoms with Crippen molar-refractivity contribution in [3.8, 4) is 22.8 Å². The van der Waals surface area contributed by atoms with E-state index < -0.39 is 0 Å². The van der Waals surface area contributed by atoms with Crippen molar-refractivity contribution in [2.45, 2.75) is 25.3 Å². The van der Waals surface area contributed by atoms with Gasteiger partial charge >= 0.3 is 0 Å². The number of benzene rings is 2. The second kappa shape index (κ2) is 7.99. The second-order valence-electron chi connectivity index (χ2n) is 7.22. The summed E-state index contributed by atoms with van der Waals surface area (Å²) in [4.78, 5) is 13.0. The Kier molecular flexibility index (Phi) is 5.25. The predicted molar refractivity (Wildman–Crippen MR) is 111 cm³/mol. The lowest BCUT2D eigenvalue weighted by Crippen LogP contribution is -2.32. The van der Waals surface area contributed by atoms with Gasteiger partial charge in [0, 0.05) is 18.7 Å². The van der Waals surface area contributed by atoms with Crippen LogP contribution >= 0.6 is 0 Å². The highest BCUT2D eigenvalue weighted by Gasteiger charge is 2.24. The number of fused-ring (bicyclic) bond motifs is 1. The Hall–Kier alpha value is -3.28. The molecule has 0 aliphatic heterocycles. The van der Waals surface area contributed by atoms with Crippen LogP contribution in [0.15, 0.2) is 48.5 Å². The summed E-state index contributed by atoms with van der Waals surface area (Å²) in [7, 11) is 5.00. The third-order valence-electron chi connectivity index (χ3n) is 5.47. The van der Waals surface area contributed by atoms with Crippen molar-refractivity contribution >= 4 is 5.91 Å². The maximum absolute atomic E-state index is 13.0. The molecule has 1 heterocycles. The van der Waals surface area contributed by atoms with Gasteiger partial charge in [0.2, 0.25) is 0 Å². The summed E-state index contributed by atoms with van der Waals surface area (Å²) in [5, 5.41) is 7.73. The highest BCUT2D eigenvalue weighted by Crippen LogP contribution is 2.33. The summed E-state index contributed by atoms with van der Waals surface area (Å²) in [6, 6.07) is 15.7. The predicted octanol–water partition coefficient (Wildman–Crippen LogP) is 3.91. The monoisotopic (exact) mass is 391 g/mol. The van der Waals surface area contributed by atoms with Gasteiger partial charge in [-0.1, -0.05) is 24.3 Å². The van der Waals surface area contributed by atoms with E-state index in [9.17, 15) is 4.79 Å². The number of carbonyl (C=O) groups is 1. The highest BCUT2D eigenvalue weighted by atomic mass is 16.5. The smallest absolute Gasteiger partial charge is 0.270 e. The first-order chi connectivity index (χ1) is 14.1. The Bertz CT molecular complexity index is 1040. The summed E-state index contributed by atoms with van der Waals surface area (Å²) < 4.78 is 12.4. The van der Waals surface area contributed by atoms with Crippen molar-refractivity contribution in [3.63, 3.8) is 0 Å². The molecule has 150 valence electrons. The number of methoxy groups -OCH3 is 2. The molecule has 3 aromatic rings. The number of aromatic nitrogens is 2. The first-order valence-electron chi connectivity index (χ1n) is 9.76. The molecular weight excluding hydrogens is 366 g/mol. The van der Waals surface area contributed by atoms with Gasteiger partial charge in [-0.2, -0.15) is 5.10 Å². The van der Waals surface area contributed by atoms with Gasteiger partial charge in [-0.25, -0.2) is 0 Å². The van der Waals surface area contributed by atoms with Crippen LogP contribution in [0.5, 0.6) is 11.5 Å². The molecule has 1 atom stereocenters. The van der Waals surface area contributed by atoms with Crippen LogP contribution in [0.4, 0.5) is 0 Å². The van der Waals surface area contributed by atoms with Gasteiger partial charge in [-0.15, -0.1) is 0 Å². The van der Waals surface area contributed by atoms with E-state index in [1.807, 2.05) is 24.3 Å². The zero-order valence-corrected chi connectivity index (χ0v) is 16.9. The lowest BCUT2D eigenvalue weighted by atomic mass is 9.87. The molecule has 1 N–H and O–H groups in total. The fourth-order valence-corrected chi connectivity index (χ4v) is 3.96. The largest absolute Gasteiger partial charge is 0.497 e. The van der Waals surface area contributed by atoms with Gasteiger partial charge in [0.05, 0.1) is 26.0 Å². The van der Waals surface area contributed by atoms with E-state index in [1.54, 1.807) is 32.0 Å². The molecule has 0 spiro atoms. The molecule has 2 aromatic carbocycles. The molecule has 1 aliphatic carbocycles. The van der Waals surface area contributed by atoms with E-state index in [1.165, 1.54) is 11.1 Å². The quantitative estimate of drug-likeness (QED) is 0.716. The average molecular weight is 391 g/mol. The van der Waals surface area contributed by atoms with Gasteiger partial charge in [0.15, 0.2) is 0 Å². The van der Waals surface area contributed by atoms with Crippen LogP contribution in [0.3, 0.4) is 0 Å². The molecule has 4 rings (SSSR count). The number of ether oxygens (including phenoxy) is 2. The average Bonchev–Trinajstić information content (AvgIpc) is 3.15. The van der Waals surface area contributed by atoms with Crippen molar-refractivity contribution in [1.82, 2.24) is 15.1 Å². The maximum atomic E-state index is 13.0. The van der Waals surface area contributed by atoms with E-state index in [4.69, 9.17) is 9.47 Å². The molecule has 1 aliphatic rings. The molecule has 0 saturated carbocycles. The van der Waals surface area contributed by atoms with Crippen LogP contribution in [-0.4, -0.2) is 29.9 Å². The third kappa shape index (κ3) is 3.70. The topological polar surface area (TPSA) is 65.4 Å². The number of nitrogens with zero attached hydrogens (tertiary/aromatic N) is 2. The van der Waals surface area contributed by atoms with E-state index in [2.05, 4.69) is 28.6 Å².